The lowest BCUT2D eigenvalue weighted by atomic mass is 9.95. The Hall–Kier alpha value is -3.28. The number of aromatic nitrogens is 2. The molecule has 0 radical (unpaired) electrons. The number of amides is 1. The van der Waals surface area contributed by atoms with Gasteiger partial charge in [-0.3, -0.25) is 9.59 Å². The Kier molecular flexibility index (Phi) is 4.55. The second-order valence-electron chi connectivity index (χ2n) is 7.12. The van der Waals surface area contributed by atoms with Crippen molar-refractivity contribution in [3.8, 4) is 0 Å². The van der Waals surface area contributed by atoms with Crippen molar-refractivity contribution in [1.29, 1.82) is 0 Å². The molecule has 28 heavy (non-hydrogen) atoms. The van der Waals surface area contributed by atoms with E-state index in [4.69, 9.17) is 0 Å². The molecular formula is C22H22N4O2. The van der Waals surface area contributed by atoms with Gasteiger partial charge in [0.15, 0.2) is 0 Å². The van der Waals surface area contributed by atoms with E-state index >= 15 is 0 Å². The first kappa shape index (κ1) is 18.1. The van der Waals surface area contributed by atoms with E-state index in [-0.39, 0.29) is 17.5 Å². The zero-order valence-corrected chi connectivity index (χ0v) is 16.2. The molecule has 0 aliphatic carbocycles. The van der Waals surface area contributed by atoms with E-state index in [9.17, 15) is 9.59 Å². The molecule has 2 aromatic heterocycles. The summed E-state index contributed by atoms with van der Waals surface area (Å²) in [5, 5.41) is 7.01. The number of nitrogens with one attached hydrogen (secondary N) is 1. The normalized spacial score (nSPS) is 16.5. The van der Waals surface area contributed by atoms with Gasteiger partial charge < -0.3 is 4.98 Å². The van der Waals surface area contributed by atoms with Gasteiger partial charge in [-0.15, -0.1) is 0 Å². The summed E-state index contributed by atoms with van der Waals surface area (Å²) in [4.78, 5) is 32.4. The van der Waals surface area contributed by atoms with Crippen LogP contribution in [0, 0.1) is 13.8 Å². The van der Waals surface area contributed by atoms with Gasteiger partial charge in [-0.2, -0.15) is 5.10 Å². The predicted molar refractivity (Wildman–Crippen MR) is 109 cm³/mol. The number of carbonyl (C=O) groups excluding carboxylic acids is 1. The topological polar surface area (TPSA) is 78.4 Å². The van der Waals surface area contributed by atoms with E-state index in [1.54, 1.807) is 6.20 Å². The quantitative estimate of drug-likeness (QED) is 0.760. The first-order valence-corrected chi connectivity index (χ1v) is 9.43. The molecule has 142 valence electrons. The van der Waals surface area contributed by atoms with E-state index in [1.165, 1.54) is 5.01 Å². The SMILES string of the molecule is CCC(=O)N1N=C(c2c(C)c3cccnc3[nH]c2=O)CC1c1ccc(C)cc1. The number of benzene rings is 1. The minimum Gasteiger partial charge on any atom is -0.306 e. The average molecular weight is 374 g/mol. The zero-order valence-electron chi connectivity index (χ0n) is 16.2. The van der Waals surface area contributed by atoms with Gasteiger partial charge in [0, 0.05) is 24.4 Å². The molecule has 1 N–H and O–H groups in total. The van der Waals surface area contributed by atoms with E-state index in [0.29, 0.717) is 29.8 Å². The number of carbonyl (C=O) groups is 1. The Morgan fingerprint density at radius 1 is 1.21 bits per heavy atom. The van der Waals surface area contributed by atoms with Crippen LogP contribution in [0.2, 0.25) is 0 Å². The molecule has 1 aromatic carbocycles. The molecule has 1 aliphatic heterocycles. The minimum absolute atomic E-state index is 0.0582. The van der Waals surface area contributed by atoms with Gasteiger partial charge >= 0.3 is 0 Å². The fraction of sp³-hybridized carbons (Fsp3) is 0.273. The van der Waals surface area contributed by atoms with Gasteiger partial charge in [0.05, 0.1) is 17.3 Å². The Balaban J connectivity index is 1.82. The lowest BCUT2D eigenvalue weighted by Crippen LogP contribution is -2.26. The lowest BCUT2D eigenvalue weighted by Gasteiger charge is -2.21. The summed E-state index contributed by atoms with van der Waals surface area (Å²) in [5.41, 5.74) is 4.51. The highest BCUT2D eigenvalue weighted by molar-refractivity contribution is 6.06. The highest BCUT2D eigenvalue weighted by Crippen LogP contribution is 2.33. The van der Waals surface area contributed by atoms with Crippen LogP contribution >= 0.6 is 0 Å². The molecule has 3 heterocycles. The number of nitrogens with zero attached hydrogens (tertiary/aromatic N) is 3. The number of hydrogen-bond acceptors (Lipinski definition) is 4. The van der Waals surface area contributed by atoms with Crippen molar-refractivity contribution in [2.24, 2.45) is 5.10 Å². The third kappa shape index (κ3) is 3.01. The van der Waals surface area contributed by atoms with Gasteiger partial charge in [0.2, 0.25) is 5.91 Å². The zero-order chi connectivity index (χ0) is 19.8. The fourth-order valence-corrected chi connectivity index (χ4v) is 3.73. The van der Waals surface area contributed by atoms with Crippen LogP contribution in [0.3, 0.4) is 0 Å². The molecule has 0 saturated heterocycles. The summed E-state index contributed by atoms with van der Waals surface area (Å²) in [6.45, 7) is 5.76. The number of hydrazone groups is 1. The molecule has 1 aliphatic rings. The standard InChI is InChI=1S/C22H22N4O2/c1-4-19(27)26-18(15-9-7-13(2)8-10-15)12-17(25-26)20-14(3)16-6-5-11-23-21(16)24-22(20)28/h5-11,18H,4,12H2,1-3H3,(H,23,24,28). The summed E-state index contributed by atoms with van der Waals surface area (Å²) in [6, 6.07) is 11.7. The second kappa shape index (κ2) is 7.03. The lowest BCUT2D eigenvalue weighted by molar-refractivity contribution is -0.132. The van der Waals surface area contributed by atoms with Crippen molar-refractivity contribution in [2.75, 3.05) is 0 Å². The van der Waals surface area contributed by atoms with Crippen LogP contribution in [0.4, 0.5) is 0 Å². The number of H-pyrrole nitrogens is 1. The van der Waals surface area contributed by atoms with Gasteiger partial charge in [-0.25, -0.2) is 9.99 Å². The van der Waals surface area contributed by atoms with Crippen molar-refractivity contribution in [3.63, 3.8) is 0 Å². The van der Waals surface area contributed by atoms with Crippen LogP contribution in [0.25, 0.3) is 11.0 Å². The number of hydrogen-bond donors (Lipinski definition) is 1. The molecule has 4 rings (SSSR count). The van der Waals surface area contributed by atoms with Gasteiger partial charge in [-0.1, -0.05) is 36.8 Å². The summed E-state index contributed by atoms with van der Waals surface area (Å²) < 4.78 is 0. The minimum atomic E-state index is -0.226. The Morgan fingerprint density at radius 3 is 2.68 bits per heavy atom. The molecule has 0 bridgehead atoms. The van der Waals surface area contributed by atoms with Crippen molar-refractivity contribution < 1.29 is 4.79 Å². The van der Waals surface area contributed by atoms with Crippen molar-refractivity contribution in [1.82, 2.24) is 15.0 Å². The van der Waals surface area contributed by atoms with E-state index < -0.39 is 0 Å². The monoisotopic (exact) mass is 374 g/mol. The highest BCUT2D eigenvalue weighted by atomic mass is 16.2. The molecule has 6 heteroatoms. The number of pyridine rings is 2. The summed E-state index contributed by atoms with van der Waals surface area (Å²) >= 11 is 0. The molecule has 0 fully saturated rings. The first-order valence-electron chi connectivity index (χ1n) is 9.43. The summed E-state index contributed by atoms with van der Waals surface area (Å²) in [7, 11) is 0. The maximum Gasteiger partial charge on any atom is 0.259 e. The van der Waals surface area contributed by atoms with Crippen LogP contribution in [0.15, 0.2) is 52.5 Å². The van der Waals surface area contributed by atoms with E-state index in [2.05, 4.69) is 15.1 Å². The van der Waals surface area contributed by atoms with Crippen LogP contribution in [0.5, 0.6) is 0 Å². The first-order chi connectivity index (χ1) is 13.5. The Morgan fingerprint density at radius 2 is 1.96 bits per heavy atom. The van der Waals surface area contributed by atoms with Crippen LogP contribution in [-0.4, -0.2) is 26.6 Å². The van der Waals surface area contributed by atoms with Crippen LogP contribution < -0.4 is 5.56 Å². The van der Waals surface area contributed by atoms with E-state index in [0.717, 1.165) is 22.1 Å². The van der Waals surface area contributed by atoms with Crippen molar-refractivity contribution >= 4 is 22.7 Å². The maximum atomic E-state index is 12.8. The Labute approximate surface area is 162 Å². The number of fused-ring (bicyclic) bond motifs is 1. The van der Waals surface area contributed by atoms with Crippen LogP contribution in [0.1, 0.15) is 48.1 Å². The number of aryl methyl sites for hydroxylation is 2. The molecule has 6 nitrogen and oxygen atoms in total. The molecule has 0 spiro atoms. The summed E-state index contributed by atoms with van der Waals surface area (Å²) in [6.07, 6.45) is 2.51. The number of aromatic amines is 1. The molecule has 3 aromatic rings. The maximum absolute atomic E-state index is 12.8. The Bertz CT molecular complexity index is 1150. The van der Waals surface area contributed by atoms with E-state index in [1.807, 2.05) is 57.2 Å². The highest BCUT2D eigenvalue weighted by Gasteiger charge is 2.34. The van der Waals surface area contributed by atoms with Crippen molar-refractivity contribution in [2.45, 2.75) is 39.7 Å². The molecule has 0 saturated carbocycles. The number of rotatable bonds is 3. The van der Waals surface area contributed by atoms with Crippen LogP contribution in [-0.2, 0) is 4.79 Å². The average Bonchev–Trinajstić information content (AvgIpc) is 3.13. The fourth-order valence-electron chi connectivity index (χ4n) is 3.73. The molecule has 1 atom stereocenters. The van der Waals surface area contributed by atoms with Gasteiger partial charge in [0.1, 0.15) is 5.65 Å². The predicted octanol–water partition coefficient (Wildman–Crippen LogP) is 3.63. The van der Waals surface area contributed by atoms with Crippen molar-refractivity contribution in [3.05, 3.63) is 75.2 Å². The summed E-state index contributed by atoms with van der Waals surface area (Å²) in [5.74, 6) is -0.0582. The third-order valence-electron chi connectivity index (χ3n) is 5.26. The van der Waals surface area contributed by atoms with Gasteiger partial charge in [-0.05, 0) is 37.1 Å². The second-order valence-corrected chi connectivity index (χ2v) is 7.12. The molecule has 1 unspecified atom stereocenters. The smallest absolute Gasteiger partial charge is 0.259 e. The van der Waals surface area contributed by atoms with Gasteiger partial charge in [0.25, 0.3) is 5.56 Å². The third-order valence-corrected chi connectivity index (χ3v) is 5.26. The molecule has 1 amide bonds. The largest absolute Gasteiger partial charge is 0.306 e. The molecular weight excluding hydrogens is 352 g/mol.